The van der Waals surface area contributed by atoms with Crippen molar-refractivity contribution in [2.75, 3.05) is 10.5 Å². The van der Waals surface area contributed by atoms with Gasteiger partial charge in [-0.3, -0.25) is 9.71 Å². The molecule has 0 saturated heterocycles. The third kappa shape index (κ3) is 2.82. The lowest BCUT2D eigenvalue weighted by atomic mass is 10.2. The van der Waals surface area contributed by atoms with E-state index in [9.17, 15) is 8.42 Å². The number of halogens is 1. The zero-order chi connectivity index (χ0) is 15.0. The van der Waals surface area contributed by atoms with E-state index in [1.54, 1.807) is 18.3 Å². The molecule has 2 heterocycles. The van der Waals surface area contributed by atoms with Crippen molar-refractivity contribution in [3.63, 3.8) is 0 Å². The number of para-hydroxylation sites is 1. The quantitative estimate of drug-likeness (QED) is 0.714. The second kappa shape index (κ2) is 5.20. The van der Waals surface area contributed by atoms with Gasteiger partial charge in [-0.15, -0.1) is 10.2 Å². The van der Waals surface area contributed by atoms with Crippen LogP contribution >= 0.6 is 27.3 Å². The molecule has 0 fully saturated rings. The van der Waals surface area contributed by atoms with E-state index >= 15 is 0 Å². The first-order valence-electron chi connectivity index (χ1n) is 5.62. The summed E-state index contributed by atoms with van der Waals surface area (Å²) in [5.41, 5.74) is 6.32. The molecule has 0 spiro atoms. The molecule has 108 valence electrons. The Labute approximate surface area is 132 Å². The predicted molar refractivity (Wildman–Crippen MR) is 84.6 cm³/mol. The highest BCUT2D eigenvalue weighted by atomic mass is 79.9. The third-order valence-corrected chi connectivity index (χ3v) is 5.49. The molecule has 1 aromatic carbocycles. The smallest absolute Gasteiger partial charge is 0.291 e. The van der Waals surface area contributed by atoms with E-state index in [1.807, 2.05) is 12.1 Å². The lowest BCUT2D eigenvalue weighted by Gasteiger charge is -2.08. The van der Waals surface area contributed by atoms with E-state index in [0.29, 0.717) is 11.2 Å². The molecule has 0 bridgehead atoms. The summed E-state index contributed by atoms with van der Waals surface area (Å²) in [7, 11) is -3.83. The number of nitrogens with zero attached hydrogens (tertiary/aromatic N) is 3. The van der Waals surface area contributed by atoms with Crippen LogP contribution in [0.25, 0.3) is 10.9 Å². The highest BCUT2D eigenvalue weighted by Gasteiger charge is 2.20. The molecular formula is C11H8BrN5O2S2. The first-order valence-corrected chi connectivity index (χ1v) is 8.71. The molecule has 3 rings (SSSR count). The summed E-state index contributed by atoms with van der Waals surface area (Å²) < 4.78 is 27.5. The average molecular weight is 386 g/mol. The fourth-order valence-corrected chi connectivity index (χ4v) is 3.93. The Hall–Kier alpha value is -1.78. The fourth-order valence-electron chi connectivity index (χ4n) is 1.73. The Balaban J connectivity index is 2.06. The number of fused-ring (bicyclic) bond motifs is 1. The van der Waals surface area contributed by atoms with Crippen LogP contribution in [0.3, 0.4) is 0 Å². The van der Waals surface area contributed by atoms with Gasteiger partial charge in [0, 0.05) is 16.1 Å². The Morgan fingerprint density at radius 2 is 2.10 bits per heavy atom. The summed E-state index contributed by atoms with van der Waals surface area (Å²) in [4.78, 5) is 4.23. The number of sulfonamides is 1. The van der Waals surface area contributed by atoms with E-state index in [0.717, 1.165) is 21.2 Å². The molecule has 3 aromatic rings. The number of benzene rings is 1. The van der Waals surface area contributed by atoms with Gasteiger partial charge in [0.2, 0.25) is 5.13 Å². The van der Waals surface area contributed by atoms with Gasteiger partial charge in [0.1, 0.15) is 0 Å². The van der Waals surface area contributed by atoms with Crippen molar-refractivity contribution < 1.29 is 8.42 Å². The topological polar surface area (TPSA) is 111 Å². The summed E-state index contributed by atoms with van der Waals surface area (Å²) in [6.45, 7) is 0. The van der Waals surface area contributed by atoms with Gasteiger partial charge in [0.15, 0.2) is 0 Å². The first kappa shape index (κ1) is 14.2. The van der Waals surface area contributed by atoms with Gasteiger partial charge in [-0.05, 0) is 28.1 Å². The zero-order valence-electron chi connectivity index (χ0n) is 10.3. The molecule has 0 aliphatic heterocycles. The van der Waals surface area contributed by atoms with E-state index in [1.165, 1.54) is 0 Å². The molecule has 0 aliphatic rings. The number of hydrogen-bond acceptors (Lipinski definition) is 7. The van der Waals surface area contributed by atoms with E-state index in [4.69, 9.17) is 5.73 Å². The van der Waals surface area contributed by atoms with E-state index < -0.39 is 10.0 Å². The van der Waals surface area contributed by atoms with Crippen LogP contribution in [-0.2, 0) is 10.0 Å². The minimum Gasteiger partial charge on any atom is -0.374 e. The van der Waals surface area contributed by atoms with Crippen LogP contribution in [0.15, 0.2) is 39.3 Å². The minimum atomic E-state index is -3.83. The number of nitrogens with one attached hydrogen (secondary N) is 1. The SMILES string of the molecule is Nc1nnc(S(=O)(=O)Nc2cccc3cc(Br)cnc23)s1. The third-order valence-electron chi connectivity index (χ3n) is 2.57. The molecule has 2 aromatic heterocycles. The van der Waals surface area contributed by atoms with Crippen molar-refractivity contribution in [3.8, 4) is 0 Å². The standard InChI is InChI=1S/C11H8BrN5O2S2/c12-7-4-6-2-1-3-8(9(6)14-5-7)17-21(18,19)11-16-15-10(13)20-11/h1-5,17H,(H2,13,15). The number of pyridine rings is 1. The molecule has 0 aliphatic carbocycles. The van der Waals surface area contributed by atoms with Crippen molar-refractivity contribution in [1.29, 1.82) is 0 Å². The fraction of sp³-hybridized carbons (Fsp3) is 0. The van der Waals surface area contributed by atoms with E-state index in [-0.39, 0.29) is 9.47 Å². The van der Waals surface area contributed by atoms with Crippen LogP contribution in [0.5, 0.6) is 0 Å². The highest BCUT2D eigenvalue weighted by Crippen LogP contribution is 2.27. The number of nitrogen functional groups attached to an aromatic ring is 1. The van der Waals surface area contributed by atoms with Gasteiger partial charge < -0.3 is 5.73 Å². The highest BCUT2D eigenvalue weighted by molar-refractivity contribution is 9.10. The monoisotopic (exact) mass is 385 g/mol. The Morgan fingerprint density at radius 1 is 1.29 bits per heavy atom. The summed E-state index contributed by atoms with van der Waals surface area (Å²) in [5.74, 6) is 0. The first-order chi connectivity index (χ1) is 9.95. The number of nitrogens with two attached hydrogens (primary N) is 1. The van der Waals surface area contributed by atoms with Crippen LogP contribution in [0.2, 0.25) is 0 Å². The van der Waals surface area contributed by atoms with Crippen LogP contribution in [0, 0.1) is 0 Å². The average Bonchev–Trinajstić information content (AvgIpc) is 2.86. The van der Waals surface area contributed by atoms with Crippen LogP contribution < -0.4 is 10.5 Å². The molecular weight excluding hydrogens is 378 g/mol. The summed E-state index contributed by atoms with van der Waals surface area (Å²) >= 11 is 4.13. The Morgan fingerprint density at radius 3 is 2.81 bits per heavy atom. The second-order valence-electron chi connectivity index (χ2n) is 4.04. The van der Waals surface area contributed by atoms with Crippen LogP contribution in [-0.4, -0.2) is 23.6 Å². The number of anilines is 2. The summed E-state index contributed by atoms with van der Waals surface area (Å²) in [5, 5.41) is 7.95. The largest absolute Gasteiger partial charge is 0.374 e. The Bertz CT molecular complexity index is 925. The maximum absolute atomic E-state index is 12.2. The number of aromatic nitrogens is 3. The number of rotatable bonds is 3. The van der Waals surface area contributed by atoms with Gasteiger partial charge >= 0.3 is 0 Å². The van der Waals surface area contributed by atoms with Gasteiger partial charge in [0.05, 0.1) is 11.2 Å². The minimum absolute atomic E-state index is 0.0929. The lowest BCUT2D eigenvalue weighted by molar-refractivity contribution is 0.599. The maximum atomic E-state index is 12.2. The predicted octanol–water partition coefficient (Wildman–Crippen LogP) is 2.23. The summed E-state index contributed by atoms with van der Waals surface area (Å²) in [6, 6.07) is 7.06. The molecule has 0 radical (unpaired) electrons. The molecule has 0 saturated carbocycles. The zero-order valence-corrected chi connectivity index (χ0v) is 13.5. The van der Waals surface area contributed by atoms with Crippen LogP contribution in [0.1, 0.15) is 0 Å². The molecule has 0 atom stereocenters. The normalized spacial score (nSPS) is 11.7. The summed E-state index contributed by atoms with van der Waals surface area (Å²) in [6.07, 6.45) is 1.60. The second-order valence-corrected chi connectivity index (χ2v) is 7.82. The van der Waals surface area contributed by atoms with Gasteiger partial charge in [0.25, 0.3) is 14.4 Å². The van der Waals surface area contributed by atoms with Crippen molar-refractivity contribution in [3.05, 3.63) is 34.9 Å². The van der Waals surface area contributed by atoms with Crippen molar-refractivity contribution in [1.82, 2.24) is 15.2 Å². The van der Waals surface area contributed by atoms with Crippen molar-refractivity contribution in [2.45, 2.75) is 4.34 Å². The molecule has 10 heteroatoms. The van der Waals surface area contributed by atoms with Gasteiger partial charge in [-0.25, -0.2) is 0 Å². The molecule has 3 N–H and O–H groups in total. The molecule has 7 nitrogen and oxygen atoms in total. The van der Waals surface area contributed by atoms with Crippen molar-refractivity contribution in [2.24, 2.45) is 0 Å². The van der Waals surface area contributed by atoms with Crippen molar-refractivity contribution >= 4 is 59.0 Å². The Kier molecular flexibility index (Phi) is 3.51. The molecule has 21 heavy (non-hydrogen) atoms. The van der Waals surface area contributed by atoms with Gasteiger partial charge in [-0.2, -0.15) is 8.42 Å². The van der Waals surface area contributed by atoms with E-state index in [2.05, 4.69) is 35.8 Å². The lowest BCUT2D eigenvalue weighted by Crippen LogP contribution is -2.13. The van der Waals surface area contributed by atoms with Crippen LogP contribution in [0.4, 0.5) is 10.8 Å². The maximum Gasteiger partial charge on any atom is 0.291 e. The molecule has 0 amide bonds. The molecule has 0 unspecified atom stereocenters. The van der Waals surface area contributed by atoms with Gasteiger partial charge in [-0.1, -0.05) is 23.5 Å². The number of hydrogen-bond donors (Lipinski definition) is 2.